The summed E-state index contributed by atoms with van der Waals surface area (Å²) in [6.07, 6.45) is 0. The number of hydrogen-bond donors (Lipinski definition) is 0. The molecule has 9 aromatic carbocycles. The van der Waals surface area contributed by atoms with E-state index in [1.807, 2.05) is 12.1 Å². The van der Waals surface area contributed by atoms with Gasteiger partial charge in [0.1, 0.15) is 0 Å². The van der Waals surface area contributed by atoms with E-state index in [2.05, 4.69) is 212 Å². The highest BCUT2D eigenvalue weighted by atomic mass is 15.0. The van der Waals surface area contributed by atoms with Crippen LogP contribution in [0.25, 0.3) is 89.8 Å². The molecule has 0 saturated carbocycles. The van der Waals surface area contributed by atoms with Crippen molar-refractivity contribution in [1.29, 1.82) is 0 Å². The van der Waals surface area contributed by atoms with Crippen LogP contribution in [0.15, 0.2) is 224 Å². The molecule has 10 aromatic rings. The van der Waals surface area contributed by atoms with E-state index in [0.29, 0.717) is 17.5 Å². The summed E-state index contributed by atoms with van der Waals surface area (Å²) < 4.78 is 0. The predicted molar refractivity (Wildman–Crippen MR) is 249 cm³/mol. The molecular formula is C58H37N3. The number of aromatic nitrogens is 3. The van der Waals surface area contributed by atoms with E-state index in [-0.39, 0.29) is 0 Å². The van der Waals surface area contributed by atoms with Gasteiger partial charge in [-0.2, -0.15) is 0 Å². The molecule has 12 rings (SSSR count). The Balaban J connectivity index is 1.10. The zero-order valence-corrected chi connectivity index (χ0v) is 33.2. The van der Waals surface area contributed by atoms with E-state index >= 15 is 0 Å². The molecule has 3 nitrogen and oxygen atoms in total. The zero-order valence-electron chi connectivity index (χ0n) is 33.2. The van der Waals surface area contributed by atoms with Crippen LogP contribution in [-0.4, -0.2) is 15.0 Å². The molecular weight excluding hydrogens is 739 g/mol. The molecule has 0 fully saturated rings. The topological polar surface area (TPSA) is 38.7 Å². The first-order chi connectivity index (χ1) is 30.3. The Morgan fingerprint density at radius 3 is 1.20 bits per heavy atom. The lowest BCUT2D eigenvalue weighted by molar-refractivity contribution is 0.775. The van der Waals surface area contributed by atoms with Crippen molar-refractivity contribution >= 4 is 0 Å². The molecule has 1 spiro atoms. The lowest BCUT2D eigenvalue weighted by atomic mass is 9.66. The van der Waals surface area contributed by atoms with Gasteiger partial charge in [0.05, 0.1) is 5.41 Å². The molecule has 3 heteroatoms. The van der Waals surface area contributed by atoms with Crippen LogP contribution in [0.2, 0.25) is 0 Å². The average Bonchev–Trinajstić information content (AvgIpc) is 3.58. The molecule has 0 bridgehead atoms. The third-order valence-corrected chi connectivity index (χ3v) is 12.6. The standard InChI is InChI=1S/C58H37N3/c1-3-18-38(19-4-1)40-22-17-23-41(36-40)55-59-56(61-57(60-55)49-30-10-7-24-43(49)39-20-5-2-6-21-39)42-34-35-54-50(37-42)48-29-13-16-33-53(48)58(54)51-31-14-11-27-46(51)44-25-8-9-26-45(44)47-28-12-15-32-52(47)58/h1-37H. The fraction of sp³-hybridized carbons (Fsp3) is 0.0172. The Labute approximate surface area is 355 Å². The second-order valence-corrected chi connectivity index (χ2v) is 15.9. The van der Waals surface area contributed by atoms with Gasteiger partial charge in [-0.1, -0.05) is 212 Å². The summed E-state index contributed by atoms with van der Waals surface area (Å²) in [5.41, 5.74) is 19.2. The van der Waals surface area contributed by atoms with Crippen LogP contribution in [0.3, 0.4) is 0 Å². The van der Waals surface area contributed by atoms with Gasteiger partial charge >= 0.3 is 0 Å². The van der Waals surface area contributed by atoms with Gasteiger partial charge in [0.15, 0.2) is 17.5 Å². The van der Waals surface area contributed by atoms with E-state index in [1.54, 1.807) is 0 Å². The molecule has 2 aliphatic rings. The number of nitrogens with zero attached hydrogens (tertiary/aromatic N) is 3. The summed E-state index contributed by atoms with van der Waals surface area (Å²) in [5, 5.41) is 0. The maximum Gasteiger partial charge on any atom is 0.164 e. The van der Waals surface area contributed by atoms with Crippen LogP contribution in [0, 0.1) is 0 Å². The highest BCUT2D eigenvalue weighted by Gasteiger charge is 2.49. The number of fused-ring (bicyclic) bond motifs is 12. The van der Waals surface area contributed by atoms with Gasteiger partial charge in [0, 0.05) is 16.7 Å². The van der Waals surface area contributed by atoms with Crippen molar-refractivity contribution in [2.24, 2.45) is 0 Å². The first-order valence-electron chi connectivity index (χ1n) is 20.9. The van der Waals surface area contributed by atoms with E-state index in [4.69, 9.17) is 15.0 Å². The highest BCUT2D eigenvalue weighted by Crippen LogP contribution is 2.61. The van der Waals surface area contributed by atoms with Crippen LogP contribution < -0.4 is 0 Å². The van der Waals surface area contributed by atoms with Crippen molar-refractivity contribution < 1.29 is 0 Å². The van der Waals surface area contributed by atoms with Gasteiger partial charge in [0.25, 0.3) is 0 Å². The minimum atomic E-state index is -0.557. The number of benzene rings is 9. The second kappa shape index (κ2) is 14.1. The van der Waals surface area contributed by atoms with Gasteiger partial charge in [-0.3, -0.25) is 0 Å². The van der Waals surface area contributed by atoms with Crippen LogP contribution in [-0.2, 0) is 5.41 Å². The summed E-state index contributed by atoms with van der Waals surface area (Å²) >= 11 is 0. The average molecular weight is 776 g/mol. The lowest BCUT2D eigenvalue weighted by Gasteiger charge is -2.35. The summed E-state index contributed by atoms with van der Waals surface area (Å²) in [6.45, 7) is 0. The molecule has 0 N–H and O–H groups in total. The normalized spacial score (nSPS) is 12.7. The van der Waals surface area contributed by atoms with Gasteiger partial charge in [-0.15, -0.1) is 0 Å². The molecule has 1 aromatic heterocycles. The van der Waals surface area contributed by atoms with Crippen molar-refractivity contribution in [2.75, 3.05) is 0 Å². The maximum atomic E-state index is 5.34. The van der Waals surface area contributed by atoms with Crippen molar-refractivity contribution in [3.8, 4) is 89.8 Å². The Morgan fingerprint density at radius 2 is 0.607 bits per heavy atom. The quantitative estimate of drug-likeness (QED) is 0.175. The van der Waals surface area contributed by atoms with Crippen LogP contribution in [0.5, 0.6) is 0 Å². The Kier molecular flexibility index (Phi) is 8.07. The lowest BCUT2D eigenvalue weighted by Crippen LogP contribution is -2.29. The Hall–Kier alpha value is -8.01. The number of rotatable bonds is 5. The largest absolute Gasteiger partial charge is 0.208 e. The van der Waals surface area contributed by atoms with E-state index < -0.39 is 5.41 Å². The smallest absolute Gasteiger partial charge is 0.164 e. The SMILES string of the molecule is c1ccc(-c2cccc(-c3nc(-c4ccc5c(c4)-c4ccccc4C54c5ccccc5-c5ccccc5-c5ccccc54)nc(-c4ccccc4-c4ccccc4)n3)c2)cc1. The van der Waals surface area contributed by atoms with Crippen molar-refractivity contribution in [3.63, 3.8) is 0 Å². The third-order valence-electron chi connectivity index (χ3n) is 12.6. The maximum absolute atomic E-state index is 5.34. The van der Waals surface area contributed by atoms with Crippen LogP contribution in [0.4, 0.5) is 0 Å². The summed E-state index contributed by atoms with van der Waals surface area (Å²) in [6, 6.07) is 80.6. The molecule has 284 valence electrons. The third kappa shape index (κ3) is 5.48. The van der Waals surface area contributed by atoms with Gasteiger partial charge in [0.2, 0.25) is 0 Å². The van der Waals surface area contributed by atoms with E-state index in [1.165, 1.54) is 55.6 Å². The molecule has 0 amide bonds. The molecule has 0 atom stereocenters. The monoisotopic (exact) mass is 775 g/mol. The second-order valence-electron chi connectivity index (χ2n) is 15.9. The van der Waals surface area contributed by atoms with E-state index in [9.17, 15) is 0 Å². The van der Waals surface area contributed by atoms with Gasteiger partial charge in [-0.05, 0) is 90.0 Å². The first kappa shape index (κ1) is 35.0. The van der Waals surface area contributed by atoms with E-state index in [0.717, 1.165) is 38.9 Å². The van der Waals surface area contributed by atoms with Crippen molar-refractivity contribution in [3.05, 3.63) is 247 Å². The molecule has 0 unspecified atom stereocenters. The van der Waals surface area contributed by atoms with Gasteiger partial charge in [-0.25, -0.2) is 15.0 Å². The molecule has 0 aliphatic heterocycles. The molecule has 61 heavy (non-hydrogen) atoms. The Morgan fingerprint density at radius 1 is 0.213 bits per heavy atom. The first-order valence-corrected chi connectivity index (χ1v) is 20.9. The fourth-order valence-corrected chi connectivity index (χ4v) is 9.96. The molecule has 0 radical (unpaired) electrons. The zero-order chi connectivity index (χ0) is 40.3. The molecule has 2 aliphatic carbocycles. The number of hydrogen-bond acceptors (Lipinski definition) is 3. The summed E-state index contributed by atoms with van der Waals surface area (Å²) in [5.74, 6) is 1.89. The Bertz CT molecular complexity index is 3250. The van der Waals surface area contributed by atoms with Crippen LogP contribution in [0.1, 0.15) is 22.3 Å². The van der Waals surface area contributed by atoms with Gasteiger partial charge < -0.3 is 0 Å². The van der Waals surface area contributed by atoms with Crippen LogP contribution >= 0.6 is 0 Å². The molecule has 0 saturated heterocycles. The van der Waals surface area contributed by atoms with Crippen molar-refractivity contribution in [2.45, 2.75) is 5.41 Å². The van der Waals surface area contributed by atoms with Crippen molar-refractivity contribution in [1.82, 2.24) is 15.0 Å². The molecule has 1 heterocycles. The minimum Gasteiger partial charge on any atom is -0.208 e. The predicted octanol–water partition coefficient (Wildman–Crippen LogP) is 14.2. The highest BCUT2D eigenvalue weighted by molar-refractivity contribution is 5.98. The summed E-state index contributed by atoms with van der Waals surface area (Å²) in [4.78, 5) is 15.9. The fourth-order valence-electron chi connectivity index (χ4n) is 9.96. The summed E-state index contributed by atoms with van der Waals surface area (Å²) in [7, 11) is 0. The minimum absolute atomic E-state index is 0.557.